The van der Waals surface area contributed by atoms with Crippen LogP contribution in [0.3, 0.4) is 0 Å². The van der Waals surface area contributed by atoms with E-state index in [0.717, 1.165) is 10.9 Å². The van der Waals surface area contributed by atoms with E-state index in [-0.39, 0.29) is 0 Å². The van der Waals surface area contributed by atoms with Gasteiger partial charge in [-0.1, -0.05) is 5.92 Å². The van der Waals surface area contributed by atoms with E-state index in [1.54, 1.807) is 6.07 Å². The molecule has 2 rings (SSSR count). The fraction of sp³-hybridized carbons (Fsp3) is 0.0833. The van der Waals surface area contributed by atoms with Crippen molar-refractivity contribution < 1.29 is 0 Å². The Morgan fingerprint density at radius 1 is 1.29 bits per heavy atom. The van der Waals surface area contributed by atoms with Gasteiger partial charge in [0.15, 0.2) is 6.07 Å². The molecule has 1 heterocycles. The van der Waals surface area contributed by atoms with Crippen molar-refractivity contribution in [2.24, 2.45) is 7.05 Å². The molecule has 0 unspecified atom stereocenters. The van der Waals surface area contributed by atoms with Gasteiger partial charge in [-0.05, 0) is 24.3 Å². The molecule has 1 aromatic heterocycles. The smallest absolute Gasteiger partial charge is 0.152 e. The standard InChI is InChI=1S/C12H8N2/c1-14-8-6-11-9-10(3-2-7-13)4-5-12(11)14/h4-6,8-9H,1H3. The van der Waals surface area contributed by atoms with Gasteiger partial charge in [-0.3, -0.25) is 0 Å². The molecule has 0 spiro atoms. The maximum atomic E-state index is 8.32. The Morgan fingerprint density at radius 2 is 2.14 bits per heavy atom. The van der Waals surface area contributed by atoms with Crippen LogP contribution in [0.25, 0.3) is 10.9 Å². The van der Waals surface area contributed by atoms with E-state index in [1.807, 2.05) is 37.5 Å². The highest BCUT2D eigenvalue weighted by atomic mass is 14.9. The van der Waals surface area contributed by atoms with Gasteiger partial charge in [-0.15, -0.1) is 0 Å². The number of benzene rings is 1. The van der Waals surface area contributed by atoms with Crippen molar-refractivity contribution in [3.8, 4) is 17.9 Å². The van der Waals surface area contributed by atoms with E-state index in [2.05, 4.69) is 16.4 Å². The third-order valence-electron chi connectivity index (χ3n) is 2.15. The lowest BCUT2D eigenvalue weighted by atomic mass is 10.1. The summed E-state index contributed by atoms with van der Waals surface area (Å²) in [6.45, 7) is 0. The van der Waals surface area contributed by atoms with Crippen LogP contribution in [0.1, 0.15) is 5.56 Å². The zero-order chi connectivity index (χ0) is 9.97. The number of hydrogen-bond acceptors (Lipinski definition) is 1. The molecule has 0 fully saturated rings. The molecular formula is C12H8N2. The first-order chi connectivity index (χ1) is 6.81. The molecule has 0 aliphatic rings. The van der Waals surface area contributed by atoms with E-state index in [0.29, 0.717) is 0 Å². The highest BCUT2D eigenvalue weighted by Gasteiger charge is 1.97. The molecular weight excluding hydrogens is 172 g/mol. The second-order valence-electron chi connectivity index (χ2n) is 3.06. The topological polar surface area (TPSA) is 28.7 Å². The Kier molecular flexibility index (Phi) is 1.97. The van der Waals surface area contributed by atoms with Crippen LogP contribution in [0.2, 0.25) is 0 Å². The molecule has 2 aromatic rings. The molecule has 0 aliphatic carbocycles. The molecule has 0 aliphatic heterocycles. The van der Waals surface area contributed by atoms with E-state index in [1.165, 1.54) is 5.52 Å². The molecule has 66 valence electrons. The van der Waals surface area contributed by atoms with Gasteiger partial charge < -0.3 is 4.57 Å². The summed E-state index contributed by atoms with van der Waals surface area (Å²) in [6.07, 6.45) is 2.01. The van der Waals surface area contributed by atoms with Crippen LogP contribution in [-0.4, -0.2) is 4.57 Å². The van der Waals surface area contributed by atoms with Crippen molar-refractivity contribution in [3.63, 3.8) is 0 Å². The van der Waals surface area contributed by atoms with Crippen LogP contribution in [0.5, 0.6) is 0 Å². The van der Waals surface area contributed by atoms with Gasteiger partial charge in [0.05, 0.1) is 0 Å². The fourth-order valence-corrected chi connectivity index (χ4v) is 1.46. The van der Waals surface area contributed by atoms with Crippen molar-refractivity contribution in [1.82, 2.24) is 4.57 Å². The third-order valence-corrected chi connectivity index (χ3v) is 2.15. The summed E-state index contributed by atoms with van der Waals surface area (Å²) in [5, 5.41) is 9.47. The Hall–Kier alpha value is -2.19. The van der Waals surface area contributed by atoms with Gasteiger partial charge >= 0.3 is 0 Å². The van der Waals surface area contributed by atoms with Crippen LogP contribution < -0.4 is 0 Å². The molecule has 14 heavy (non-hydrogen) atoms. The number of hydrogen-bond donors (Lipinski definition) is 0. The minimum Gasteiger partial charge on any atom is -0.351 e. The average Bonchev–Trinajstić information content (AvgIpc) is 2.57. The molecule has 0 radical (unpaired) electrons. The van der Waals surface area contributed by atoms with Gasteiger partial charge in [-0.2, -0.15) is 5.26 Å². The highest BCUT2D eigenvalue weighted by Crippen LogP contribution is 2.15. The lowest BCUT2D eigenvalue weighted by Gasteiger charge is -1.95. The quantitative estimate of drug-likeness (QED) is 0.570. The molecule has 0 atom stereocenters. The summed E-state index contributed by atoms with van der Waals surface area (Å²) in [4.78, 5) is 0. The number of aryl methyl sites for hydroxylation is 1. The van der Waals surface area contributed by atoms with Gasteiger partial charge in [0.2, 0.25) is 0 Å². The predicted octanol–water partition coefficient (Wildman–Crippen LogP) is 2.05. The first-order valence-electron chi connectivity index (χ1n) is 4.26. The molecule has 2 nitrogen and oxygen atoms in total. The van der Waals surface area contributed by atoms with Crippen molar-refractivity contribution in [1.29, 1.82) is 5.26 Å². The van der Waals surface area contributed by atoms with Crippen LogP contribution in [-0.2, 0) is 7.05 Å². The zero-order valence-electron chi connectivity index (χ0n) is 7.78. The minimum absolute atomic E-state index is 0.880. The van der Waals surface area contributed by atoms with Crippen molar-refractivity contribution in [3.05, 3.63) is 36.0 Å². The van der Waals surface area contributed by atoms with Gasteiger partial charge in [0, 0.05) is 35.6 Å². The third kappa shape index (κ3) is 1.34. The summed E-state index contributed by atoms with van der Waals surface area (Å²) in [5.41, 5.74) is 2.05. The van der Waals surface area contributed by atoms with Crippen LogP contribution >= 0.6 is 0 Å². The highest BCUT2D eigenvalue weighted by molar-refractivity contribution is 5.81. The summed E-state index contributed by atoms with van der Waals surface area (Å²) in [7, 11) is 2.00. The van der Waals surface area contributed by atoms with E-state index >= 15 is 0 Å². The first-order valence-corrected chi connectivity index (χ1v) is 4.26. The summed E-state index contributed by atoms with van der Waals surface area (Å²) in [6, 6.07) is 9.76. The average molecular weight is 180 g/mol. The van der Waals surface area contributed by atoms with Gasteiger partial charge in [0.25, 0.3) is 0 Å². The number of fused-ring (bicyclic) bond motifs is 1. The SMILES string of the molecule is Cn1ccc2cc(C#CC#N)ccc21. The predicted molar refractivity (Wildman–Crippen MR) is 55.4 cm³/mol. The second kappa shape index (κ2) is 3.28. The van der Waals surface area contributed by atoms with Gasteiger partial charge in [0.1, 0.15) is 0 Å². The van der Waals surface area contributed by atoms with E-state index in [9.17, 15) is 0 Å². The Labute approximate surface area is 82.4 Å². The number of aromatic nitrogens is 1. The lowest BCUT2D eigenvalue weighted by Crippen LogP contribution is -1.83. The summed E-state index contributed by atoms with van der Waals surface area (Å²) in [5.74, 6) is 5.16. The molecule has 0 N–H and O–H groups in total. The van der Waals surface area contributed by atoms with Crippen LogP contribution in [0.4, 0.5) is 0 Å². The fourth-order valence-electron chi connectivity index (χ4n) is 1.46. The maximum Gasteiger partial charge on any atom is 0.152 e. The largest absolute Gasteiger partial charge is 0.351 e. The van der Waals surface area contributed by atoms with Gasteiger partial charge in [-0.25, -0.2) is 0 Å². The molecule has 2 heteroatoms. The monoisotopic (exact) mass is 180 g/mol. The Morgan fingerprint density at radius 3 is 2.93 bits per heavy atom. The first kappa shape index (κ1) is 8.41. The number of nitriles is 1. The summed E-state index contributed by atoms with van der Waals surface area (Å²) < 4.78 is 2.05. The molecule has 0 saturated carbocycles. The second-order valence-corrected chi connectivity index (χ2v) is 3.06. The normalized spacial score (nSPS) is 9.14. The molecule has 0 saturated heterocycles. The van der Waals surface area contributed by atoms with Crippen molar-refractivity contribution in [2.75, 3.05) is 0 Å². The van der Waals surface area contributed by atoms with Crippen molar-refractivity contribution >= 4 is 10.9 Å². The van der Waals surface area contributed by atoms with Crippen LogP contribution in [0.15, 0.2) is 30.5 Å². The molecule has 0 amide bonds. The Balaban J connectivity index is 2.59. The van der Waals surface area contributed by atoms with E-state index < -0.39 is 0 Å². The van der Waals surface area contributed by atoms with Crippen LogP contribution in [0, 0.1) is 23.2 Å². The minimum atomic E-state index is 0.880. The van der Waals surface area contributed by atoms with Crippen molar-refractivity contribution in [2.45, 2.75) is 0 Å². The molecule has 1 aromatic carbocycles. The summed E-state index contributed by atoms with van der Waals surface area (Å²) >= 11 is 0. The maximum absolute atomic E-state index is 8.32. The molecule has 0 bridgehead atoms. The number of rotatable bonds is 0. The Bertz CT molecular complexity index is 574. The van der Waals surface area contributed by atoms with E-state index in [4.69, 9.17) is 5.26 Å². The zero-order valence-corrected chi connectivity index (χ0v) is 7.78. The number of nitrogens with zero attached hydrogens (tertiary/aromatic N) is 2. The lowest BCUT2D eigenvalue weighted by molar-refractivity contribution is 0.969.